The van der Waals surface area contributed by atoms with Crippen molar-refractivity contribution < 1.29 is 9.47 Å². The molecule has 2 aromatic carbocycles. The normalized spacial score (nSPS) is 10.1. The molecule has 17 heavy (non-hydrogen) atoms. The molecule has 0 unspecified atom stereocenters. The summed E-state index contributed by atoms with van der Waals surface area (Å²) in [6.07, 6.45) is 0. The van der Waals surface area contributed by atoms with Crippen molar-refractivity contribution in [1.82, 2.24) is 0 Å². The summed E-state index contributed by atoms with van der Waals surface area (Å²) in [5.74, 6) is 2.31. The molecule has 0 aliphatic carbocycles. The van der Waals surface area contributed by atoms with E-state index in [9.17, 15) is 0 Å². The van der Waals surface area contributed by atoms with Gasteiger partial charge in [-0.15, -0.1) is 0 Å². The zero-order valence-corrected chi connectivity index (χ0v) is 10.4. The van der Waals surface area contributed by atoms with E-state index in [1.54, 1.807) is 7.11 Å². The van der Waals surface area contributed by atoms with Crippen LogP contribution >= 0.6 is 0 Å². The second-order valence-electron chi connectivity index (χ2n) is 4.07. The lowest BCUT2D eigenvalue weighted by Gasteiger charge is -2.11. The Kier molecular flexibility index (Phi) is 3.33. The topological polar surface area (TPSA) is 18.5 Å². The van der Waals surface area contributed by atoms with Gasteiger partial charge in [0, 0.05) is 0 Å². The first-order valence-corrected chi connectivity index (χ1v) is 5.58. The van der Waals surface area contributed by atoms with Crippen LogP contribution in [0.1, 0.15) is 11.1 Å². The fourth-order valence-electron chi connectivity index (χ4n) is 1.60. The Morgan fingerprint density at radius 2 is 1.41 bits per heavy atom. The van der Waals surface area contributed by atoms with Gasteiger partial charge in [0.15, 0.2) is 11.5 Å². The lowest BCUT2D eigenvalue weighted by molar-refractivity contribution is 0.378. The molecule has 2 nitrogen and oxygen atoms in total. The Morgan fingerprint density at radius 1 is 0.765 bits per heavy atom. The van der Waals surface area contributed by atoms with Crippen molar-refractivity contribution in [2.24, 2.45) is 0 Å². The molecule has 0 radical (unpaired) electrons. The summed E-state index contributed by atoms with van der Waals surface area (Å²) in [6, 6.07) is 13.8. The van der Waals surface area contributed by atoms with Gasteiger partial charge in [-0.2, -0.15) is 0 Å². The van der Waals surface area contributed by atoms with Crippen molar-refractivity contribution in [2.45, 2.75) is 13.8 Å². The van der Waals surface area contributed by atoms with Crippen LogP contribution in [0.5, 0.6) is 17.2 Å². The van der Waals surface area contributed by atoms with Crippen molar-refractivity contribution in [3.8, 4) is 17.2 Å². The second kappa shape index (κ2) is 4.91. The van der Waals surface area contributed by atoms with Crippen LogP contribution in [0.4, 0.5) is 0 Å². The number of hydrogen-bond donors (Lipinski definition) is 0. The first kappa shape index (κ1) is 11.5. The second-order valence-corrected chi connectivity index (χ2v) is 4.07. The Morgan fingerprint density at radius 3 is 2.06 bits per heavy atom. The van der Waals surface area contributed by atoms with Gasteiger partial charge in [-0.1, -0.05) is 23.8 Å². The highest BCUT2D eigenvalue weighted by molar-refractivity contribution is 5.45. The third-order valence-corrected chi connectivity index (χ3v) is 2.57. The standard InChI is InChI=1S/C15H16O2/c1-11-4-7-13(8-5-11)17-15-10-12(2)6-9-14(15)16-3/h4-10H,1-3H3. The maximum Gasteiger partial charge on any atom is 0.169 e. The number of hydrogen-bond acceptors (Lipinski definition) is 2. The first-order chi connectivity index (χ1) is 8.19. The van der Waals surface area contributed by atoms with Gasteiger partial charge in [0.05, 0.1) is 7.11 Å². The highest BCUT2D eigenvalue weighted by Crippen LogP contribution is 2.32. The van der Waals surface area contributed by atoms with Gasteiger partial charge < -0.3 is 9.47 Å². The van der Waals surface area contributed by atoms with E-state index in [0.717, 1.165) is 22.8 Å². The minimum Gasteiger partial charge on any atom is -0.493 e. The zero-order chi connectivity index (χ0) is 12.3. The number of rotatable bonds is 3. The lowest BCUT2D eigenvalue weighted by Crippen LogP contribution is -1.91. The van der Waals surface area contributed by atoms with Gasteiger partial charge >= 0.3 is 0 Å². The number of aryl methyl sites for hydroxylation is 2. The van der Waals surface area contributed by atoms with Gasteiger partial charge in [-0.3, -0.25) is 0 Å². The fraction of sp³-hybridized carbons (Fsp3) is 0.200. The largest absolute Gasteiger partial charge is 0.493 e. The third-order valence-electron chi connectivity index (χ3n) is 2.57. The van der Waals surface area contributed by atoms with Crippen molar-refractivity contribution in [3.63, 3.8) is 0 Å². The summed E-state index contributed by atoms with van der Waals surface area (Å²) in [4.78, 5) is 0. The molecule has 0 aliphatic heterocycles. The zero-order valence-electron chi connectivity index (χ0n) is 10.4. The van der Waals surface area contributed by atoms with Crippen LogP contribution in [0.15, 0.2) is 42.5 Å². The minimum atomic E-state index is 0.746. The molecule has 0 fully saturated rings. The average molecular weight is 228 g/mol. The van der Waals surface area contributed by atoms with Gasteiger partial charge in [-0.25, -0.2) is 0 Å². The molecule has 0 saturated carbocycles. The Hall–Kier alpha value is -1.96. The fourth-order valence-corrected chi connectivity index (χ4v) is 1.60. The summed E-state index contributed by atoms with van der Waals surface area (Å²) < 4.78 is 11.1. The lowest BCUT2D eigenvalue weighted by atomic mass is 10.2. The van der Waals surface area contributed by atoms with Crippen LogP contribution in [0.25, 0.3) is 0 Å². The number of methoxy groups -OCH3 is 1. The Balaban J connectivity index is 2.28. The molecule has 0 aromatic heterocycles. The highest BCUT2D eigenvalue weighted by atomic mass is 16.5. The molecular weight excluding hydrogens is 212 g/mol. The summed E-state index contributed by atoms with van der Waals surface area (Å²) in [6.45, 7) is 4.08. The molecular formula is C15H16O2. The highest BCUT2D eigenvalue weighted by Gasteiger charge is 2.05. The molecule has 2 aromatic rings. The molecule has 0 N–H and O–H groups in total. The molecule has 88 valence electrons. The third kappa shape index (κ3) is 2.78. The van der Waals surface area contributed by atoms with Crippen molar-refractivity contribution in [2.75, 3.05) is 7.11 Å². The van der Waals surface area contributed by atoms with Gasteiger partial charge in [0.2, 0.25) is 0 Å². The van der Waals surface area contributed by atoms with E-state index in [-0.39, 0.29) is 0 Å². The van der Waals surface area contributed by atoms with Crippen LogP contribution in [-0.2, 0) is 0 Å². The molecule has 0 spiro atoms. The van der Waals surface area contributed by atoms with Crippen LogP contribution in [0, 0.1) is 13.8 Å². The predicted octanol–water partition coefficient (Wildman–Crippen LogP) is 4.10. The van der Waals surface area contributed by atoms with E-state index in [4.69, 9.17) is 9.47 Å². The SMILES string of the molecule is COc1ccc(C)cc1Oc1ccc(C)cc1. The number of ether oxygens (including phenoxy) is 2. The summed E-state index contributed by atoms with van der Waals surface area (Å²) >= 11 is 0. The predicted molar refractivity (Wildman–Crippen MR) is 69.0 cm³/mol. The molecule has 2 rings (SSSR count). The molecule has 0 aliphatic rings. The summed E-state index contributed by atoms with van der Waals surface area (Å²) in [7, 11) is 1.65. The van der Waals surface area contributed by atoms with E-state index in [1.165, 1.54) is 5.56 Å². The summed E-state index contributed by atoms with van der Waals surface area (Å²) in [5, 5.41) is 0. The average Bonchev–Trinajstić information content (AvgIpc) is 2.32. The summed E-state index contributed by atoms with van der Waals surface area (Å²) in [5.41, 5.74) is 2.36. The van der Waals surface area contributed by atoms with Crippen molar-refractivity contribution >= 4 is 0 Å². The molecule has 2 heteroatoms. The molecule has 0 heterocycles. The van der Waals surface area contributed by atoms with Gasteiger partial charge in [-0.05, 0) is 43.7 Å². The maximum absolute atomic E-state index is 5.81. The monoisotopic (exact) mass is 228 g/mol. The number of benzene rings is 2. The Bertz CT molecular complexity index is 501. The van der Waals surface area contributed by atoms with Crippen LogP contribution in [0.2, 0.25) is 0 Å². The minimum absolute atomic E-state index is 0.746. The van der Waals surface area contributed by atoms with Crippen molar-refractivity contribution in [3.05, 3.63) is 53.6 Å². The van der Waals surface area contributed by atoms with Gasteiger partial charge in [0.1, 0.15) is 5.75 Å². The molecule has 0 bridgehead atoms. The van der Waals surface area contributed by atoms with E-state index < -0.39 is 0 Å². The molecule has 0 atom stereocenters. The van der Waals surface area contributed by atoms with Gasteiger partial charge in [0.25, 0.3) is 0 Å². The van der Waals surface area contributed by atoms with E-state index >= 15 is 0 Å². The van der Waals surface area contributed by atoms with Crippen molar-refractivity contribution in [1.29, 1.82) is 0 Å². The smallest absolute Gasteiger partial charge is 0.169 e. The first-order valence-electron chi connectivity index (χ1n) is 5.58. The molecule has 0 amide bonds. The van der Waals surface area contributed by atoms with Crippen LogP contribution in [0.3, 0.4) is 0 Å². The van der Waals surface area contributed by atoms with E-state index in [2.05, 4.69) is 6.92 Å². The van der Waals surface area contributed by atoms with E-state index in [0.29, 0.717) is 0 Å². The van der Waals surface area contributed by atoms with Crippen LogP contribution in [-0.4, -0.2) is 7.11 Å². The van der Waals surface area contributed by atoms with E-state index in [1.807, 2.05) is 49.4 Å². The Labute approximate surface area is 102 Å². The maximum atomic E-state index is 5.81. The van der Waals surface area contributed by atoms with Crippen LogP contribution < -0.4 is 9.47 Å². The molecule has 0 saturated heterocycles. The quantitative estimate of drug-likeness (QED) is 0.787.